The average Bonchev–Trinajstić information content (AvgIpc) is 2.44. The number of carboxylic acid groups (broad SMARTS) is 1. The number of para-hydroxylation sites is 1. The van der Waals surface area contributed by atoms with Gasteiger partial charge in [-0.15, -0.1) is 0 Å². The molecule has 0 fully saturated rings. The van der Waals surface area contributed by atoms with Gasteiger partial charge < -0.3 is 19.8 Å². The molecule has 1 aromatic rings. The van der Waals surface area contributed by atoms with E-state index in [1.165, 1.54) is 0 Å². The molecule has 0 bridgehead atoms. The normalized spacial score (nSPS) is 12.4. The molecule has 0 aliphatic rings. The minimum Gasteiger partial charge on any atom is -0.481 e. The summed E-state index contributed by atoms with van der Waals surface area (Å²) in [5.74, 6) is -0.799. The largest absolute Gasteiger partial charge is 0.481 e. The van der Waals surface area contributed by atoms with Gasteiger partial charge in [0.2, 0.25) is 0 Å². The predicted octanol–water partition coefficient (Wildman–Crippen LogP) is 2.14. The van der Waals surface area contributed by atoms with Gasteiger partial charge in [-0.05, 0) is 32.4 Å². The van der Waals surface area contributed by atoms with E-state index in [-0.39, 0.29) is 19.1 Å². The minimum atomic E-state index is -0.799. The number of ether oxygens (including phenoxy) is 1. The number of nitrogens with zero attached hydrogens (tertiary/aromatic N) is 1. The molecule has 1 unspecified atom stereocenters. The third-order valence-electron chi connectivity index (χ3n) is 2.99. The molecule has 0 aromatic heterocycles. The molecule has 0 heterocycles. The first kappa shape index (κ1) is 17.5. The Morgan fingerprint density at radius 3 is 2.52 bits per heavy atom. The topological polar surface area (TPSA) is 70.0 Å². The molecule has 1 atom stereocenters. The number of hydrogen-bond acceptors (Lipinski definition) is 4. The van der Waals surface area contributed by atoms with Crippen LogP contribution in [-0.2, 0) is 9.53 Å². The second kappa shape index (κ2) is 9.37. The van der Waals surface area contributed by atoms with Gasteiger partial charge >= 0.3 is 5.97 Å². The maximum absolute atomic E-state index is 10.6. The van der Waals surface area contributed by atoms with Gasteiger partial charge in [0.05, 0.1) is 18.8 Å². The Balaban J connectivity index is 2.57. The summed E-state index contributed by atoms with van der Waals surface area (Å²) in [4.78, 5) is 12.6. The van der Waals surface area contributed by atoms with Crippen LogP contribution in [0.3, 0.4) is 0 Å². The number of aliphatic hydroxyl groups excluding tert-OH is 1. The minimum absolute atomic E-state index is 0.0804. The molecule has 1 aromatic carbocycles. The van der Waals surface area contributed by atoms with E-state index in [1.807, 2.05) is 49.1 Å². The monoisotopic (exact) mass is 295 g/mol. The van der Waals surface area contributed by atoms with Crippen LogP contribution in [0, 0.1) is 0 Å². The van der Waals surface area contributed by atoms with Gasteiger partial charge in [0, 0.05) is 25.2 Å². The number of aliphatic carboxylic acids is 1. The van der Waals surface area contributed by atoms with E-state index >= 15 is 0 Å². The fraction of sp³-hybridized carbons (Fsp3) is 0.562. The SMILES string of the molecule is CC(C)OCC(O)CN(CCCC(=O)O)c1ccccc1. The van der Waals surface area contributed by atoms with Crippen LogP contribution >= 0.6 is 0 Å². The first-order chi connectivity index (χ1) is 9.99. The summed E-state index contributed by atoms with van der Waals surface area (Å²) in [6.45, 7) is 5.15. The van der Waals surface area contributed by atoms with Crippen LogP contribution in [-0.4, -0.2) is 48.1 Å². The molecule has 0 saturated heterocycles. The van der Waals surface area contributed by atoms with Crippen molar-refractivity contribution < 1.29 is 19.7 Å². The van der Waals surface area contributed by atoms with Gasteiger partial charge in [0.1, 0.15) is 0 Å². The first-order valence-electron chi connectivity index (χ1n) is 7.30. The van der Waals surface area contributed by atoms with E-state index in [9.17, 15) is 9.90 Å². The first-order valence-corrected chi connectivity index (χ1v) is 7.30. The molecule has 5 nitrogen and oxygen atoms in total. The van der Waals surface area contributed by atoms with E-state index in [1.54, 1.807) is 0 Å². The van der Waals surface area contributed by atoms with Crippen LogP contribution in [0.4, 0.5) is 5.69 Å². The van der Waals surface area contributed by atoms with Crippen LogP contribution in [0.1, 0.15) is 26.7 Å². The lowest BCUT2D eigenvalue weighted by Crippen LogP contribution is -2.36. The Hall–Kier alpha value is -1.59. The highest BCUT2D eigenvalue weighted by Gasteiger charge is 2.13. The van der Waals surface area contributed by atoms with Gasteiger partial charge in [-0.2, -0.15) is 0 Å². The second-order valence-corrected chi connectivity index (χ2v) is 5.31. The Morgan fingerprint density at radius 2 is 1.95 bits per heavy atom. The number of rotatable bonds is 10. The molecule has 0 saturated carbocycles. The lowest BCUT2D eigenvalue weighted by Gasteiger charge is -2.27. The Bertz CT molecular complexity index is 408. The molecule has 0 aliphatic carbocycles. The molecule has 0 radical (unpaired) electrons. The third kappa shape index (κ3) is 7.68. The van der Waals surface area contributed by atoms with Gasteiger partial charge in [0.25, 0.3) is 0 Å². The van der Waals surface area contributed by atoms with Crippen molar-refractivity contribution in [1.82, 2.24) is 0 Å². The molecule has 5 heteroatoms. The maximum atomic E-state index is 10.6. The fourth-order valence-corrected chi connectivity index (χ4v) is 2.00. The molecule has 2 N–H and O–H groups in total. The van der Waals surface area contributed by atoms with E-state index in [2.05, 4.69) is 0 Å². The standard InChI is InChI=1S/C16H25NO4/c1-13(2)21-12-15(18)11-17(10-6-9-16(19)20)14-7-4-3-5-8-14/h3-5,7-8,13,15,18H,6,9-12H2,1-2H3,(H,19,20). The smallest absolute Gasteiger partial charge is 0.303 e. The number of aliphatic hydroxyl groups is 1. The summed E-state index contributed by atoms with van der Waals surface area (Å²) in [7, 11) is 0. The third-order valence-corrected chi connectivity index (χ3v) is 2.99. The van der Waals surface area contributed by atoms with Crippen LogP contribution in [0.2, 0.25) is 0 Å². The molecular weight excluding hydrogens is 270 g/mol. The Labute approximate surface area is 126 Å². The zero-order chi connectivity index (χ0) is 15.7. The zero-order valence-electron chi connectivity index (χ0n) is 12.7. The van der Waals surface area contributed by atoms with Crippen LogP contribution < -0.4 is 4.90 Å². The van der Waals surface area contributed by atoms with Gasteiger partial charge in [-0.25, -0.2) is 0 Å². The van der Waals surface area contributed by atoms with Gasteiger partial charge in [-0.1, -0.05) is 18.2 Å². The zero-order valence-corrected chi connectivity index (χ0v) is 12.7. The summed E-state index contributed by atoms with van der Waals surface area (Å²) < 4.78 is 5.41. The van der Waals surface area contributed by atoms with Crippen molar-refractivity contribution in [1.29, 1.82) is 0 Å². The summed E-state index contributed by atoms with van der Waals surface area (Å²) in [5.41, 5.74) is 0.978. The van der Waals surface area contributed by atoms with Crippen molar-refractivity contribution in [2.75, 3.05) is 24.6 Å². The van der Waals surface area contributed by atoms with Crippen molar-refractivity contribution in [3.8, 4) is 0 Å². The maximum Gasteiger partial charge on any atom is 0.303 e. The summed E-state index contributed by atoms with van der Waals surface area (Å²) in [6.07, 6.45) is 0.151. The van der Waals surface area contributed by atoms with Gasteiger partial charge in [-0.3, -0.25) is 4.79 Å². The summed E-state index contributed by atoms with van der Waals surface area (Å²) in [6, 6.07) is 9.69. The Morgan fingerprint density at radius 1 is 1.29 bits per heavy atom. The van der Waals surface area contributed by atoms with E-state index in [0.29, 0.717) is 19.5 Å². The molecule has 21 heavy (non-hydrogen) atoms. The van der Waals surface area contributed by atoms with Crippen molar-refractivity contribution in [2.45, 2.75) is 38.9 Å². The second-order valence-electron chi connectivity index (χ2n) is 5.31. The molecule has 0 aliphatic heterocycles. The van der Waals surface area contributed by atoms with Crippen LogP contribution in [0.15, 0.2) is 30.3 Å². The fourth-order valence-electron chi connectivity index (χ4n) is 2.00. The highest BCUT2D eigenvalue weighted by Crippen LogP contribution is 2.15. The number of carboxylic acids is 1. The van der Waals surface area contributed by atoms with Crippen molar-refractivity contribution in [2.24, 2.45) is 0 Å². The average molecular weight is 295 g/mol. The summed E-state index contributed by atoms with van der Waals surface area (Å²) in [5, 5.41) is 18.8. The van der Waals surface area contributed by atoms with Crippen molar-refractivity contribution in [3.05, 3.63) is 30.3 Å². The Kier molecular flexibility index (Phi) is 7.79. The molecule has 0 amide bonds. The lowest BCUT2D eigenvalue weighted by molar-refractivity contribution is -0.137. The van der Waals surface area contributed by atoms with Crippen LogP contribution in [0.25, 0.3) is 0 Å². The van der Waals surface area contributed by atoms with Crippen molar-refractivity contribution in [3.63, 3.8) is 0 Å². The van der Waals surface area contributed by atoms with Gasteiger partial charge in [0.15, 0.2) is 0 Å². The highest BCUT2D eigenvalue weighted by atomic mass is 16.5. The molecule has 0 spiro atoms. The summed E-state index contributed by atoms with van der Waals surface area (Å²) >= 11 is 0. The molecular formula is C16H25NO4. The number of hydrogen-bond donors (Lipinski definition) is 2. The predicted molar refractivity (Wildman–Crippen MR) is 82.6 cm³/mol. The van der Waals surface area contributed by atoms with Crippen LogP contribution in [0.5, 0.6) is 0 Å². The van der Waals surface area contributed by atoms with E-state index in [4.69, 9.17) is 9.84 Å². The molecule has 1 rings (SSSR count). The van der Waals surface area contributed by atoms with E-state index in [0.717, 1.165) is 5.69 Å². The number of anilines is 1. The molecule has 118 valence electrons. The highest BCUT2D eigenvalue weighted by molar-refractivity contribution is 5.66. The van der Waals surface area contributed by atoms with E-state index < -0.39 is 12.1 Å². The van der Waals surface area contributed by atoms with Crippen molar-refractivity contribution >= 4 is 11.7 Å². The number of carbonyl (C=O) groups is 1. The number of benzene rings is 1. The lowest BCUT2D eigenvalue weighted by atomic mass is 10.2. The quantitative estimate of drug-likeness (QED) is 0.692.